The van der Waals surface area contributed by atoms with Crippen molar-refractivity contribution in [2.45, 2.75) is 6.92 Å². The summed E-state index contributed by atoms with van der Waals surface area (Å²) in [5, 5.41) is 10.7. The van der Waals surface area contributed by atoms with E-state index in [2.05, 4.69) is 20.6 Å². The second kappa shape index (κ2) is 9.33. The lowest BCUT2D eigenvalue weighted by molar-refractivity contribution is 0.0821. The summed E-state index contributed by atoms with van der Waals surface area (Å²) in [5.41, 5.74) is 2.58. The summed E-state index contributed by atoms with van der Waals surface area (Å²) in [6.07, 6.45) is 3.00. The molecule has 172 valence electrons. The first-order valence-corrected chi connectivity index (χ1v) is 10.4. The number of anilines is 2. The highest BCUT2D eigenvalue weighted by Gasteiger charge is 2.18. The molecule has 1 fully saturated rings. The van der Waals surface area contributed by atoms with Crippen LogP contribution in [0.5, 0.6) is 0 Å². The standard InChI is InChI=1S/C22H24FN7O3/c1-14-20(30-13-19(26-27-30)22(32)28(2)3)11-17(12-24-14)25-21(31)15-8-16(23)10-18(9-15)29-4-6-33-7-5-29/h8-13H,4-7H2,1-3H3,(H,25,31). The number of hydrogen-bond donors (Lipinski definition) is 1. The van der Waals surface area contributed by atoms with Crippen LogP contribution >= 0.6 is 0 Å². The van der Waals surface area contributed by atoms with Crippen molar-refractivity contribution in [3.63, 3.8) is 0 Å². The summed E-state index contributed by atoms with van der Waals surface area (Å²) in [6.45, 7) is 4.15. The normalized spacial score (nSPS) is 13.6. The van der Waals surface area contributed by atoms with Crippen molar-refractivity contribution in [1.82, 2.24) is 24.9 Å². The number of rotatable bonds is 5. The van der Waals surface area contributed by atoms with Crippen LogP contribution in [0.15, 0.2) is 36.7 Å². The first-order chi connectivity index (χ1) is 15.8. The lowest BCUT2D eigenvalue weighted by Gasteiger charge is -2.29. The first-order valence-electron chi connectivity index (χ1n) is 10.4. The number of ether oxygens (including phenoxy) is 1. The Kier molecular flexibility index (Phi) is 6.31. The van der Waals surface area contributed by atoms with E-state index in [1.54, 1.807) is 33.2 Å². The zero-order chi connectivity index (χ0) is 23.5. The van der Waals surface area contributed by atoms with Crippen LogP contribution in [0.2, 0.25) is 0 Å². The van der Waals surface area contributed by atoms with Gasteiger partial charge in [-0.2, -0.15) is 0 Å². The fourth-order valence-corrected chi connectivity index (χ4v) is 3.44. The topological polar surface area (TPSA) is 105 Å². The number of aryl methyl sites for hydroxylation is 1. The molecule has 0 atom stereocenters. The molecule has 0 bridgehead atoms. The van der Waals surface area contributed by atoms with Crippen LogP contribution in [0.1, 0.15) is 26.5 Å². The molecule has 0 saturated carbocycles. The average Bonchev–Trinajstić information content (AvgIpc) is 3.30. The van der Waals surface area contributed by atoms with E-state index >= 15 is 0 Å². The number of amides is 2. The quantitative estimate of drug-likeness (QED) is 0.629. The molecule has 0 spiro atoms. The zero-order valence-corrected chi connectivity index (χ0v) is 18.6. The number of carbonyl (C=O) groups is 2. The Bertz CT molecular complexity index is 1190. The summed E-state index contributed by atoms with van der Waals surface area (Å²) >= 11 is 0. The van der Waals surface area contributed by atoms with E-state index in [9.17, 15) is 14.0 Å². The first kappa shape index (κ1) is 22.3. The van der Waals surface area contributed by atoms with Gasteiger partial charge >= 0.3 is 0 Å². The number of morpholine rings is 1. The van der Waals surface area contributed by atoms with Gasteiger partial charge in [0.05, 0.1) is 42.7 Å². The lowest BCUT2D eigenvalue weighted by atomic mass is 10.1. The molecule has 2 amide bonds. The molecule has 11 heteroatoms. The molecule has 1 saturated heterocycles. The van der Waals surface area contributed by atoms with E-state index in [1.165, 1.54) is 34.1 Å². The molecule has 1 aliphatic heterocycles. The Balaban J connectivity index is 1.56. The molecule has 10 nitrogen and oxygen atoms in total. The minimum absolute atomic E-state index is 0.184. The maximum atomic E-state index is 14.2. The van der Waals surface area contributed by atoms with Crippen molar-refractivity contribution in [1.29, 1.82) is 0 Å². The van der Waals surface area contributed by atoms with Gasteiger partial charge in [0.15, 0.2) is 5.69 Å². The van der Waals surface area contributed by atoms with Crippen LogP contribution < -0.4 is 10.2 Å². The number of benzene rings is 1. The number of pyridine rings is 1. The fraction of sp³-hybridized carbons (Fsp3) is 0.318. The van der Waals surface area contributed by atoms with Crippen LogP contribution in [-0.4, -0.2) is 77.1 Å². The Labute approximate surface area is 190 Å². The van der Waals surface area contributed by atoms with Crippen molar-refractivity contribution < 1.29 is 18.7 Å². The van der Waals surface area contributed by atoms with E-state index in [4.69, 9.17) is 4.74 Å². The van der Waals surface area contributed by atoms with Crippen LogP contribution in [-0.2, 0) is 4.74 Å². The molecule has 1 aromatic carbocycles. The van der Waals surface area contributed by atoms with Gasteiger partial charge in [-0.1, -0.05) is 5.21 Å². The summed E-state index contributed by atoms with van der Waals surface area (Å²) in [4.78, 5) is 32.7. The van der Waals surface area contributed by atoms with Gasteiger partial charge in [-0.05, 0) is 31.2 Å². The number of hydrogen-bond acceptors (Lipinski definition) is 7. The van der Waals surface area contributed by atoms with E-state index in [1.807, 2.05) is 4.90 Å². The van der Waals surface area contributed by atoms with Crippen molar-refractivity contribution >= 4 is 23.2 Å². The third kappa shape index (κ3) is 4.98. The number of nitrogens with one attached hydrogen (secondary N) is 1. The minimum atomic E-state index is -0.493. The lowest BCUT2D eigenvalue weighted by Crippen LogP contribution is -2.36. The monoisotopic (exact) mass is 453 g/mol. The van der Waals surface area contributed by atoms with Gasteiger partial charge in [0.2, 0.25) is 0 Å². The van der Waals surface area contributed by atoms with E-state index in [0.29, 0.717) is 49.1 Å². The number of halogens is 1. The Morgan fingerprint density at radius 1 is 1.15 bits per heavy atom. The van der Waals surface area contributed by atoms with Crippen molar-refractivity contribution in [2.24, 2.45) is 0 Å². The molecular weight excluding hydrogens is 429 g/mol. The van der Waals surface area contributed by atoms with E-state index in [0.717, 1.165) is 0 Å². The van der Waals surface area contributed by atoms with Gasteiger partial charge in [-0.3, -0.25) is 14.6 Å². The average molecular weight is 453 g/mol. The summed E-state index contributed by atoms with van der Waals surface area (Å²) in [7, 11) is 3.25. The molecule has 4 rings (SSSR count). The van der Waals surface area contributed by atoms with Crippen molar-refractivity contribution in [3.05, 3.63) is 59.4 Å². The predicted molar refractivity (Wildman–Crippen MR) is 119 cm³/mol. The highest BCUT2D eigenvalue weighted by molar-refractivity contribution is 6.05. The Morgan fingerprint density at radius 3 is 2.64 bits per heavy atom. The van der Waals surface area contributed by atoms with E-state index in [-0.39, 0.29) is 17.2 Å². The van der Waals surface area contributed by atoms with Gasteiger partial charge in [0.25, 0.3) is 11.8 Å². The number of nitrogens with zero attached hydrogens (tertiary/aromatic N) is 6. The molecule has 1 N–H and O–H groups in total. The summed E-state index contributed by atoms with van der Waals surface area (Å²) in [5.74, 6) is -1.24. The molecule has 33 heavy (non-hydrogen) atoms. The predicted octanol–water partition coefficient (Wildman–Crippen LogP) is 1.90. The summed E-state index contributed by atoms with van der Waals surface area (Å²) in [6, 6.07) is 5.92. The number of carbonyl (C=O) groups excluding carboxylic acids is 2. The largest absolute Gasteiger partial charge is 0.378 e. The van der Waals surface area contributed by atoms with Crippen LogP contribution in [0.25, 0.3) is 5.69 Å². The highest BCUT2D eigenvalue weighted by Crippen LogP contribution is 2.22. The van der Waals surface area contributed by atoms with Gasteiger partial charge < -0.3 is 19.9 Å². The van der Waals surface area contributed by atoms with Gasteiger partial charge in [-0.25, -0.2) is 9.07 Å². The van der Waals surface area contributed by atoms with Gasteiger partial charge in [0.1, 0.15) is 5.82 Å². The molecule has 0 aliphatic carbocycles. The number of aromatic nitrogens is 4. The fourth-order valence-electron chi connectivity index (χ4n) is 3.44. The van der Waals surface area contributed by atoms with E-state index < -0.39 is 11.7 Å². The molecular formula is C22H24FN7O3. The molecule has 3 heterocycles. The summed E-state index contributed by atoms with van der Waals surface area (Å²) < 4.78 is 21.0. The van der Waals surface area contributed by atoms with Crippen LogP contribution in [0.4, 0.5) is 15.8 Å². The van der Waals surface area contributed by atoms with Crippen LogP contribution in [0, 0.1) is 12.7 Å². The molecule has 2 aromatic heterocycles. The third-order valence-electron chi connectivity index (χ3n) is 5.20. The molecule has 1 aliphatic rings. The Morgan fingerprint density at radius 2 is 1.91 bits per heavy atom. The third-order valence-corrected chi connectivity index (χ3v) is 5.20. The molecule has 0 unspecified atom stereocenters. The van der Waals surface area contributed by atoms with Crippen molar-refractivity contribution in [3.8, 4) is 5.69 Å². The second-order valence-electron chi connectivity index (χ2n) is 7.83. The maximum absolute atomic E-state index is 14.2. The molecule has 0 radical (unpaired) electrons. The minimum Gasteiger partial charge on any atom is -0.378 e. The molecule has 3 aromatic rings. The smallest absolute Gasteiger partial charge is 0.275 e. The SMILES string of the molecule is Cc1ncc(NC(=O)c2cc(F)cc(N3CCOCC3)c2)cc1-n1cc(C(=O)N(C)C)nn1. The van der Waals surface area contributed by atoms with Gasteiger partial charge in [-0.15, -0.1) is 5.10 Å². The second-order valence-corrected chi connectivity index (χ2v) is 7.83. The van der Waals surface area contributed by atoms with Crippen LogP contribution in [0.3, 0.4) is 0 Å². The maximum Gasteiger partial charge on any atom is 0.275 e. The highest BCUT2D eigenvalue weighted by atomic mass is 19.1. The van der Waals surface area contributed by atoms with Gasteiger partial charge in [0, 0.05) is 38.4 Å². The Hall–Kier alpha value is -3.86. The zero-order valence-electron chi connectivity index (χ0n) is 18.6. The van der Waals surface area contributed by atoms with Crippen molar-refractivity contribution in [2.75, 3.05) is 50.6 Å².